The molecule has 2 rings (SSSR count). The first-order chi connectivity index (χ1) is 9.19. The Morgan fingerprint density at radius 1 is 1.37 bits per heavy atom. The Kier molecular flexibility index (Phi) is 4.37. The number of amides is 1. The quantitative estimate of drug-likeness (QED) is 0.774. The van der Waals surface area contributed by atoms with Crippen molar-refractivity contribution in [3.63, 3.8) is 0 Å². The fourth-order valence-electron chi connectivity index (χ4n) is 2.09. The monoisotopic (exact) mass is 258 g/mol. The molecule has 0 radical (unpaired) electrons. The number of hydrogen-bond acceptors (Lipinski definition) is 4. The van der Waals surface area contributed by atoms with Crippen LogP contribution in [0.5, 0.6) is 0 Å². The zero-order valence-corrected chi connectivity index (χ0v) is 10.9. The van der Waals surface area contributed by atoms with Gasteiger partial charge in [-0.1, -0.05) is 5.92 Å². The van der Waals surface area contributed by atoms with Crippen LogP contribution in [0.4, 0.5) is 5.69 Å². The van der Waals surface area contributed by atoms with Crippen molar-refractivity contribution >= 4 is 11.6 Å². The first kappa shape index (κ1) is 13.4. The summed E-state index contributed by atoms with van der Waals surface area (Å²) >= 11 is 0. The van der Waals surface area contributed by atoms with Crippen molar-refractivity contribution in [2.24, 2.45) is 0 Å². The van der Waals surface area contributed by atoms with Gasteiger partial charge in [0.15, 0.2) is 0 Å². The highest BCUT2D eigenvalue weighted by Crippen LogP contribution is 2.06. The molecule has 0 atom stereocenters. The van der Waals surface area contributed by atoms with Crippen molar-refractivity contribution in [2.75, 3.05) is 38.5 Å². The summed E-state index contributed by atoms with van der Waals surface area (Å²) < 4.78 is 0. The molecule has 1 aliphatic heterocycles. The SMILES string of the molecule is C#CCN1CCN(C(=O)Cc2ccc(N)cn2)CC1. The minimum atomic E-state index is 0.109. The van der Waals surface area contributed by atoms with E-state index in [-0.39, 0.29) is 5.91 Å². The Morgan fingerprint density at radius 2 is 2.11 bits per heavy atom. The van der Waals surface area contributed by atoms with Gasteiger partial charge in [0.1, 0.15) is 0 Å². The molecule has 1 fully saturated rings. The maximum Gasteiger partial charge on any atom is 0.228 e. The maximum absolute atomic E-state index is 12.1. The predicted molar refractivity (Wildman–Crippen MR) is 74.2 cm³/mol. The number of nitrogens with zero attached hydrogens (tertiary/aromatic N) is 3. The number of terminal acetylenes is 1. The van der Waals surface area contributed by atoms with E-state index in [1.165, 1.54) is 0 Å². The normalized spacial score (nSPS) is 16.1. The average molecular weight is 258 g/mol. The van der Waals surface area contributed by atoms with Crippen molar-refractivity contribution in [1.82, 2.24) is 14.8 Å². The van der Waals surface area contributed by atoms with E-state index in [0.29, 0.717) is 18.7 Å². The van der Waals surface area contributed by atoms with Gasteiger partial charge in [-0.15, -0.1) is 6.42 Å². The van der Waals surface area contributed by atoms with E-state index >= 15 is 0 Å². The van der Waals surface area contributed by atoms with Crippen LogP contribution in [0.2, 0.25) is 0 Å². The standard InChI is InChI=1S/C14H18N4O/c1-2-5-17-6-8-18(9-7-17)14(19)10-13-4-3-12(15)11-16-13/h1,3-4,11H,5-10,15H2. The van der Waals surface area contributed by atoms with Crippen LogP contribution in [-0.2, 0) is 11.2 Å². The Labute approximate surface area is 113 Å². The summed E-state index contributed by atoms with van der Waals surface area (Å²) in [5.74, 6) is 2.74. The summed E-state index contributed by atoms with van der Waals surface area (Å²) in [5.41, 5.74) is 6.93. The highest BCUT2D eigenvalue weighted by Gasteiger charge is 2.20. The lowest BCUT2D eigenvalue weighted by molar-refractivity contribution is -0.132. The van der Waals surface area contributed by atoms with Gasteiger partial charge in [-0.2, -0.15) is 0 Å². The van der Waals surface area contributed by atoms with Gasteiger partial charge in [0, 0.05) is 31.9 Å². The molecule has 1 amide bonds. The van der Waals surface area contributed by atoms with Crippen molar-refractivity contribution in [1.29, 1.82) is 0 Å². The van der Waals surface area contributed by atoms with Crippen LogP contribution < -0.4 is 5.73 Å². The van der Waals surface area contributed by atoms with E-state index in [1.807, 2.05) is 4.90 Å². The van der Waals surface area contributed by atoms with Crippen molar-refractivity contribution < 1.29 is 4.79 Å². The number of carbonyl (C=O) groups is 1. The number of hydrogen-bond donors (Lipinski definition) is 1. The molecule has 0 bridgehead atoms. The molecule has 0 aliphatic carbocycles. The Morgan fingerprint density at radius 3 is 2.68 bits per heavy atom. The second kappa shape index (κ2) is 6.21. The van der Waals surface area contributed by atoms with Gasteiger partial charge in [0.05, 0.1) is 24.8 Å². The molecule has 5 nitrogen and oxygen atoms in total. The van der Waals surface area contributed by atoms with Crippen LogP contribution in [0.1, 0.15) is 5.69 Å². The number of nitrogen functional groups attached to an aromatic ring is 1. The van der Waals surface area contributed by atoms with E-state index in [4.69, 9.17) is 12.2 Å². The van der Waals surface area contributed by atoms with Crippen LogP contribution in [0, 0.1) is 12.3 Å². The van der Waals surface area contributed by atoms with Crippen LogP contribution in [0.25, 0.3) is 0 Å². The lowest BCUT2D eigenvalue weighted by Crippen LogP contribution is -2.49. The number of piperazine rings is 1. The zero-order valence-electron chi connectivity index (χ0n) is 10.9. The van der Waals surface area contributed by atoms with E-state index in [9.17, 15) is 4.79 Å². The fraction of sp³-hybridized carbons (Fsp3) is 0.429. The number of nitrogens with two attached hydrogens (primary N) is 1. The van der Waals surface area contributed by atoms with Crippen LogP contribution in [0.15, 0.2) is 18.3 Å². The van der Waals surface area contributed by atoms with Gasteiger partial charge in [-0.05, 0) is 12.1 Å². The molecular weight excluding hydrogens is 240 g/mol. The van der Waals surface area contributed by atoms with Gasteiger partial charge >= 0.3 is 0 Å². The third kappa shape index (κ3) is 3.70. The Hall–Kier alpha value is -2.06. The molecule has 1 aromatic heterocycles. The highest BCUT2D eigenvalue weighted by molar-refractivity contribution is 5.78. The van der Waals surface area contributed by atoms with Gasteiger partial charge in [0.25, 0.3) is 0 Å². The van der Waals surface area contributed by atoms with Gasteiger partial charge < -0.3 is 10.6 Å². The molecule has 2 heterocycles. The van der Waals surface area contributed by atoms with E-state index in [1.54, 1.807) is 18.3 Å². The number of rotatable bonds is 3. The van der Waals surface area contributed by atoms with Gasteiger partial charge in [-0.25, -0.2) is 0 Å². The molecule has 0 unspecified atom stereocenters. The average Bonchev–Trinajstić information content (AvgIpc) is 2.42. The molecule has 1 aliphatic rings. The summed E-state index contributed by atoms with van der Waals surface area (Å²) in [4.78, 5) is 20.3. The Balaban J connectivity index is 1.85. The van der Waals surface area contributed by atoms with E-state index < -0.39 is 0 Å². The van der Waals surface area contributed by atoms with Crippen LogP contribution >= 0.6 is 0 Å². The molecule has 1 saturated heterocycles. The molecule has 0 saturated carbocycles. The number of carbonyl (C=O) groups excluding carboxylic acids is 1. The largest absolute Gasteiger partial charge is 0.397 e. The summed E-state index contributed by atoms with van der Waals surface area (Å²) in [5, 5.41) is 0. The number of anilines is 1. The summed E-state index contributed by atoms with van der Waals surface area (Å²) in [6, 6.07) is 3.56. The fourth-order valence-corrected chi connectivity index (χ4v) is 2.09. The molecule has 1 aromatic rings. The summed E-state index contributed by atoms with van der Waals surface area (Å²) in [6.45, 7) is 3.79. The van der Waals surface area contributed by atoms with Crippen molar-refractivity contribution in [2.45, 2.75) is 6.42 Å². The second-order valence-electron chi connectivity index (χ2n) is 4.62. The smallest absolute Gasteiger partial charge is 0.228 e. The minimum absolute atomic E-state index is 0.109. The lowest BCUT2D eigenvalue weighted by atomic mass is 10.2. The molecule has 2 N–H and O–H groups in total. The van der Waals surface area contributed by atoms with Crippen LogP contribution in [0.3, 0.4) is 0 Å². The second-order valence-corrected chi connectivity index (χ2v) is 4.62. The van der Waals surface area contributed by atoms with Gasteiger partial charge in [0.2, 0.25) is 5.91 Å². The third-order valence-electron chi connectivity index (χ3n) is 3.22. The van der Waals surface area contributed by atoms with Crippen molar-refractivity contribution in [3.8, 4) is 12.3 Å². The summed E-state index contributed by atoms with van der Waals surface area (Å²) in [6.07, 6.45) is 7.18. The molecule has 5 heteroatoms. The van der Waals surface area contributed by atoms with Gasteiger partial charge in [-0.3, -0.25) is 14.7 Å². The zero-order chi connectivity index (χ0) is 13.7. The highest BCUT2D eigenvalue weighted by atomic mass is 16.2. The maximum atomic E-state index is 12.1. The molecule has 19 heavy (non-hydrogen) atoms. The van der Waals surface area contributed by atoms with Crippen molar-refractivity contribution in [3.05, 3.63) is 24.0 Å². The lowest BCUT2D eigenvalue weighted by Gasteiger charge is -2.33. The Bertz CT molecular complexity index is 469. The number of aromatic nitrogens is 1. The topological polar surface area (TPSA) is 62.5 Å². The third-order valence-corrected chi connectivity index (χ3v) is 3.22. The molecule has 100 valence electrons. The van der Waals surface area contributed by atoms with Crippen LogP contribution in [-0.4, -0.2) is 53.4 Å². The van der Waals surface area contributed by atoms with E-state index in [0.717, 1.165) is 31.9 Å². The molecule has 0 aromatic carbocycles. The predicted octanol–water partition coefficient (Wildman–Crippen LogP) is -0.0163. The number of pyridine rings is 1. The first-order valence-corrected chi connectivity index (χ1v) is 6.33. The first-order valence-electron chi connectivity index (χ1n) is 6.33. The summed E-state index contributed by atoms with van der Waals surface area (Å²) in [7, 11) is 0. The minimum Gasteiger partial charge on any atom is -0.397 e. The molecular formula is C14H18N4O. The molecule has 0 spiro atoms. The van der Waals surface area contributed by atoms with E-state index in [2.05, 4.69) is 15.8 Å².